The van der Waals surface area contributed by atoms with Crippen LogP contribution < -0.4 is 5.56 Å². The molecule has 1 fully saturated rings. The first-order chi connectivity index (χ1) is 13.4. The monoisotopic (exact) mass is 381 g/mol. The van der Waals surface area contributed by atoms with Crippen molar-refractivity contribution in [3.8, 4) is 0 Å². The number of hydrogen-bond donors (Lipinski definition) is 0. The van der Waals surface area contributed by atoms with Gasteiger partial charge in [-0.15, -0.1) is 10.2 Å². The predicted molar refractivity (Wildman–Crippen MR) is 113 cm³/mol. The maximum Gasteiger partial charge on any atom is 0.262 e. The van der Waals surface area contributed by atoms with E-state index in [1.807, 2.05) is 19.1 Å². The summed E-state index contributed by atoms with van der Waals surface area (Å²) in [5, 5.41) is 9.62. The Morgan fingerprint density at radius 2 is 1.96 bits per heavy atom. The molecule has 2 unspecified atom stereocenters. The summed E-state index contributed by atoms with van der Waals surface area (Å²) in [6, 6.07) is 6.59. The van der Waals surface area contributed by atoms with Gasteiger partial charge >= 0.3 is 0 Å². The summed E-state index contributed by atoms with van der Waals surface area (Å²) in [5.41, 5.74) is 1.96. The third-order valence-electron chi connectivity index (χ3n) is 6.39. The molecule has 1 aliphatic heterocycles. The molecule has 0 spiro atoms. The number of benzene rings is 1. The molecular weight excluding hydrogens is 350 g/mol. The third-order valence-corrected chi connectivity index (χ3v) is 6.39. The Balaban J connectivity index is 1.83. The van der Waals surface area contributed by atoms with Gasteiger partial charge in [0, 0.05) is 13.1 Å². The fourth-order valence-corrected chi connectivity index (χ4v) is 4.63. The predicted octanol–water partition coefficient (Wildman–Crippen LogP) is 3.54. The minimum Gasteiger partial charge on any atom is -0.293 e. The highest BCUT2D eigenvalue weighted by molar-refractivity contribution is 5.81. The minimum absolute atomic E-state index is 0.0196. The Bertz CT molecular complexity index is 1060. The highest BCUT2D eigenvalue weighted by Gasteiger charge is 2.27. The Hall–Kier alpha value is -2.21. The number of likely N-dealkylation sites (tertiary alicyclic amines) is 1. The minimum atomic E-state index is -0.0196. The maximum absolute atomic E-state index is 12.8. The van der Waals surface area contributed by atoms with E-state index in [0.717, 1.165) is 41.3 Å². The van der Waals surface area contributed by atoms with Crippen LogP contribution in [0.25, 0.3) is 16.7 Å². The Labute approximate surface area is 166 Å². The number of fused-ring (bicyclic) bond motifs is 3. The molecule has 6 nitrogen and oxygen atoms in total. The molecule has 150 valence electrons. The summed E-state index contributed by atoms with van der Waals surface area (Å²) in [5.74, 6) is 2.90. The van der Waals surface area contributed by atoms with Crippen LogP contribution >= 0.6 is 0 Å². The quantitative estimate of drug-likeness (QED) is 0.696. The standard InChI is InChI=1S/C22H31N5O/c1-14(2)18-8-6-15(3)10-11-26(18)13-20-23-24-22-25(5)21(28)17-12-16(4)7-9-19(17)27(20)22/h7,9,12,14-15,18H,6,8,10-11,13H2,1-5H3. The molecule has 2 aromatic heterocycles. The van der Waals surface area contributed by atoms with Crippen LogP contribution in [0.2, 0.25) is 0 Å². The lowest BCUT2D eigenvalue weighted by molar-refractivity contribution is 0.145. The van der Waals surface area contributed by atoms with E-state index < -0.39 is 0 Å². The van der Waals surface area contributed by atoms with Crippen LogP contribution in [0.5, 0.6) is 0 Å². The summed E-state index contributed by atoms with van der Waals surface area (Å²) in [6.45, 7) is 10.9. The van der Waals surface area contributed by atoms with Gasteiger partial charge in [0.25, 0.3) is 5.56 Å². The topological polar surface area (TPSA) is 55.4 Å². The van der Waals surface area contributed by atoms with Gasteiger partial charge in [0.2, 0.25) is 5.78 Å². The fraction of sp³-hybridized carbons (Fsp3) is 0.591. The largest absolute Gasteiger partial charge is 0.293 e. The van der Waals surface area contributed by atoms with Gasteiger partial charge in [-0.1, -0.05) is 32.4 Å². The number of rotatable bonds is 3. The van der Waals surface area contributed by atoms with E-state index in [-0.39, 0.29) is 5.56 Å². The maximum atomic E-state index is 12.8. The molecule has 3 heterocycles. The van der Waals surface area contributed by atoms with Crippen LogP contribution in [-0.4, -0.2) is 36.7 Å². The van der Waals surface area contributed by atoms with Gasteiger partial charge in [-0.05, 0) is 56.7 Å². The fourth-order valence-electron chi connectivity index (χ4n) is 4.63. The van der Waals surface area contributed by atoms with Gasteiger partial charge in [0.15, 0.2) is 5.82 Å². The van der Waals surface area contributed by atoms with Crippen LogP contribution in [0.3, 0.4) is 0 Å². The van der Waals surface area contributed by atoms with Gasteiger partial charge in [-0.3, -0.25) is 18.7 Å². The summed E-state index contributed by atoms with van der Waals surface area (Å²) >= 11 is 0. The lowest BCUT2D eigenvalue weighted by Gasteiger charge is -2.32. The molecule has 0 amide bonds. The van der Waals surface area contributed by atoms with E-state index >= 15 is 0 Å². The van der Waals surface area contributed by atoms with Crippen molar-refractivity contribution in [3.63, 3.8) is 0 Å². The van der Waals surface area contributed by atoms with E-state index in [0.29, 0.717) is 17.7 Å². The molecule has 3 aromatic rings. The Morgan fingerprint density at radius 1 is 1.18 bits per heavy atom. The van der Waals surface area contributed by atoms with E-state index in [2.05, 4.69) is 46.3 Å². The van der Waals surface area contributed by atoms with Gasteiger partial charge in [-0.25, -0.2) is 0 Å². The lowest BCUT2D eigenvalue weighted by Crippen LogP contribution is -2.38. The van der Waals surface area contributed by atoms with E-state index in [9.17, 15) is 4.79 Å². The zero-order chi connectivity index (χ0) is 20.0. The molecule has 0 radical (unpaired) electrons. The zero-order valence-corrected chi connectivity index (χ0v) is 17.6. The summed E-state index contributed by atoms with van der Waals surface area (Å²) < 4.78 is 3.69. The smallest absolute Gasteiger partial charge is 0.262 e. The van der Waals surface area contributed by atoms with Crippen molar-refractivity contribution in [2.24, 2.45) is 18.9 Å². The van der Waals surface area contributed by atoms with Crippen LogP contribution in [0.4, 0.5) is 0 Å². The molecule has 2 atom stereocenters. The first kappa shape index (κ1) is 19.1. The van der Waals surface area contributed by atoms with E-state index in [4.69, 9.17) is 0 Å². The normalized spacial score (nSPS) is 21.6. The highest BCUT2D eigenvalue weighted by atomic mass is 16.1. The Morgan fingerprint density at radius 3 is 2.71 bits per heavy atom. The molecule has 1 saturated heterocycles. The second-order valence-corrected chi connectivity index (χ2v) is 8.89. The molecule has 0 N–H and O–H groups in total. The van der Waals surface area contributed by atoms with Crippen molar-refractivity contribution >= 4 is 16.7 Å². The van der Waals surface area contributed by atoms with Crippen molar-refractivity contribution in [1.29, 1.82) is 0 Å². The molecular formula is C22H31N5O. The summed E-state index contributed by atoms with van der Waals surface area (Å²) in [7, 11) is 1.78. The average Bonchev–Trinajstić information content (AvgIpc) is 2.97. The van der Waals surface area contributed by atoms with Crippen molar-refractivity contribution in [2.75, 3.05) is 6.54 Å². The molecule has 1 aliphatic rings. The van der Waals surface area contributed by atoms with Crippen molar-refractivity contribution in [3.05, 3.63) is 39.9 Å². The van der Waals surface area contributed by atoms with Crippen LogP contribution in [0, 0.1) is 18.8 Å². The average molecular weight is 382 g/mol. The van der Waals surface area contributed by atoms with E-state index in [1.54, 1.807) is 11.6 Å². The number of aromatic nitrogens is 4. The molecule has 0 saturated carbocycles. The van der Waals surface area contributed by atoms with E-state index in [1.165, 1.54) is 19.3 Å². The van der Waals surface area contributed by atoms with Crippen LogP contribution in [0.15, 0.2) is 23.0 Å². The first-order valence-electron chi connectivity index (χ1n) is 10.4. The number of aryl methyl sites for hydroxylation is 2. The molecule has 6 heteroatoms. The molecule has 0 bridgehead atoms. The molecule has 1 aromatic carbocycles. The molecule has 28 heavy (non-hydrogen) atoms. The SMILES string of the molecule is Cc1ccc2c(c1)c(=O)n(C)c1nnc(CN3CCC(C)CCC3C(C)C)n21. The van der Waals surface area contributed by atoms with Gasteiger partial charge < -0.3 is 0 Å². The Kier molecular flexibility index (Phi) is 5.00. The first-order valence-corrected chi connectivity index (χ1v) is 10.4. The van der Waals surface area contributed by atoms with Crippen LogP contribution in [0.1, 0.15) is 51.4 Å². The van der Waals surface area contributed by atoms with Gasteiger partial charge in [0.05, 0.1) is 17.4 Å². The third kappa shape index (κ3) is 3.24. The summed E-state index contributed by atoms with van der Waals surface area (Å²) in [6.07, 6.45) is 3.74. The number of hydrogen-bond acceptors (Lipinski definition) is 4. The highest BCUT2D eigenvalue weighted by Crippen LogP contribution is 2.27. The van der Waals surface area contributed by atoms with Gasteiger partial charge in [0.1, 0.15) is 0 Å². The number of nitrogens with zero attached hydrogens (tertiary/aromatic N) is 5. The second-order valence-electron chi connectivity index (χ2n) is 8.89. The van der Waals surface area contributed by atoms with Crippen molar-refractivity contribution in [2.45, 2.75) is 59.5 Å². The second kappa shape index (κ2) is 7.32. The van der Waals surface area contributed by atoms with Crippen molar-refractivity contribution in [1.82, 2.24) is 24.1 Å². The lowest BCUT2D eigenvalue weighted by atomic mass is 9.95. The summed E-state index contributed by atoms with van der Waals surface area (Å²) in [4.78, 5) is 15.4. The molecule has 4 rings (SSSR count). The van der Waals surface area contributed by atoms with Gasteiger partial charge in [-0.2, -0.15) is 0 Å². The zero-order valence-electron chi connectivity index (χ0n) is 17.6. The van der Waals surface area contributed by atoms with Crippen LogP contribution in [-0.2, 0) is 13.6 Å². The van der Waals surface area contributed by atoms with Crippen molar-refractivity contribution < 1.29 is 0 Å². The molecule has 0 aliphatic carbocycles.